The Hall–Kier alpha value is -3.27. The molecular weight excluding hydrogens is 322 g/mol. The lowest BCUT2D eigenvalue weighted by atomic mass is 10.0. The van der Waals surface area contributed by atoms with Crippen molar-refractivity contribution in [2.24, 2.45) is 11.0 Å². The molecule has 0 spiro atoms. The van der Waals surface area contributed by atoms with E-state index in [4.69, 9.17) is 0 Å². The molecule has 4 rings (SSSR count). The van der Waals surface area contributed by atoms with Crippen LogP contribution in [-0.4, -0.2) is 16.6 Å². The van der Waals surface area contributed by atoms with Crippen molar-refractivity contribution in [1.29, 1.82) is 0 Å². The summed E-state index contributed by atoms with van der Waals surface area (Å²) in [5.74, 6) is 0.268. The van der Waals surface area contributed by atoms with E-state index in [9.17, 15) is 4.79 Å². The maximum Gasteiger partial charge on any atom is 0.243 e. The zero-order valence-electron chi connectivity index (χ0n) is 14.2. The minimum Gasteiger partial charge on any atom is -0.273 e. The molecule has 1 aliphatic rings. The topological polar surface area (TPSA) is 54.4 Å². The van der Waals surface area contributed by atoms with Crippen molar-refractivity contribution in [2.75, 3.05) is 0 Å². The molecule has 1 aliphatic carbocycles. The summed E-state index contributed by atoms with van der Waals surface area (Å²) in [6, 6.07) is 23.8. The maximum atomic E-state index is 12.5. The second-order valence-corrected chi connectivity index (χ2v) is 6.40. The third kappa shape index (κ3) is 3.54. The van der Waals surface area contributed by atoms with E-state index in [2.05, 4.69) is 27.6 Å². The van der Waals surface area contributed by atoms with Gasteiger partial charge >= 0.3 is 0 Å². The van der Waals surface area contributed by atoms with Gasteiger partial charge in [0.05, 0.1) is 5.71 Å². The Bertz CT molecular complexity index is 866. The molecular formula is C22H19N3O. The number of hydrogen-bond acceptors (Lipinski definition) is 3. The molecule has 2 aromatic carbocycles. The van der Waals surface area contributed by atoms with Crippen LogP contribution in [0.5, 0.6) is 0 Å². The average Bonchev–Trinajstić information content (AvgIpc) is 3.51. The van der Waals surface area contributed by atoms with E-state index in [1.165, 1.54) is 5.56 Å². The Morgan fingerprint density at radius 2 is 1.50 bits per heavy atom. The molecule has 0 unspecified atom stereocenters. The van der Waals surface area contributed by atoms with Gasteiger partial charge in [-0.15, -0.1) is 0 Å². The quantitative estimate of drug-likeness (QED) is 0.567. The SMILES string of the molecule is O=C(NN=C(c1ccccc1)c1ccncc1)[C@@H]1C[C@H]1c1ccccc1. The molecule has 0 bridgehead atoms. The predicted octanol–water partition coefficient (Wildman–Crippen LogP) is 3.75. The summed E-state index contributed by atoms with van der Waals surface area (Å²) in [6.45, 7) is 0. The zero-order chi connectivity index (χ0) is 17.8. The van der Waals surface area contributed by atoms with Gasteiger partial charge in [-0.2, -0.15) is 5.10 Å². The smallest absolute Gasteiger partial charge is 0.243 e. The van der Waals surface area contributed by atoms with Crippen LogP contribution >= 0.6 is 0 Å². The minimum atomic E-state index is -0.0265. The lowest BCUT2D eigenvalue weighted by Crippen LogP contribution is -2.22. The highest BCUT2D eigenvalue weighted by atomic mass is 16.2. The predicted molar refractivity (Wildman–Crippen MR) is 102 cm³/mol. The Balaban J connectivity index is 1.52. The van der Waals surface area contributed by atoms with Crippen LogP contribution in [0.15, 0.2) is 90.3 Å². The highest BCUT2D eigenvalue weighted by molar-refractivity contribution is 6.13. The van der Waals surface area contributed by atoms with Crippen molar-refractivity contribution in [3.63, 3.8) is 0 Å². The molecule has 1 aromatic heterocycles. The van der Waals surface area contributed by atoms with Crippen molar-refractivity contribution in [1.82, 2.24) is 10.4 Å². The molecule has 1 fully saturated rings. The zero-order valence-corrected chi connectivity index (χ0v) is 14.2. The molecule has 1 N–H and O–H groups in total. The van der Waals surface area contributed by atoms with Crippen LogP contribution in [0.4, 0.5) is 0 Å². The number of aromatic nitrogens is 1. The fourth-order valence-electron chi connectivity index (χ4n) is 3.15. The molecule has 0 saturated heterocycles. The number of nitrogens with zero attached hydrogens (tertiary/aromatic N) is 2. The Kier molecular flexibility index (Phi) is 4.56. The molecule has 0 aliphatic heterocycles. The molecule has 2 atom stereocenters. The van der Waals surface area contributed by atoms with Gasteiger partial charge in [0.15, 0.2) is 0 Å². The van der Waals surface area contributed by atoms with Crippen molar-refractivity contribution in [2.45, 2.75) is 12.3 Å². The monoisotopic (exact) mass is 341 g/mol. The minimum absolute atomic E-state index is 0.00406. The standard InChI is InChI=1S/C22H19N3O/c26-22(20-15-19(20)16-7-3-1-4-8-16)25-24-21(17-9-5-2-6-10-17)18-11-13-23-14-12-18/h1-14,19-20H,15H2,(H,25,26)/t19-,20+/m0/s1. The highest BCUT2D eigenvalue weighted by Gasteiger charge is 2.43. The number of carbonyl (C=O) groups excluding carboxylic acids is 1. The highest BCUT2D eigenvalue weighted by Crippen LogP contribution is 2.47. The van der Waals surface area contributed by atoms with Gasteiger partial charge in [-0.05, 0) is 30.0 Å². The fourth-order valence-corrected chi connectivity index (χ4v) is 3.15. The second kappa shape index (κ2) is 7.31. The van der Waals surface area contributed by atoms with Crippen LogP contribution in [0.3, 0.4) is 0 Å². The van der Waals surface area contributed by atoms with Crippen LogP contribution in [0, 0.1) is 5.92 Å². The van der Waals surface area contributed by atoms with Crippen molar-refractivity contribution < 1.29 is 4.79 Å². The summed E-state index contributed by atoms with van der Waals surface area (Å²) in [7, 11) is 0. The Morgan fingerprint density at radius 1 is 0.885 bits per heavy atom. The Labute approximate surface area is 152 Å². The number of pyridine rings is 1. The average molecular weight is 341 g/mol. The van der Waals surface area contributed by atoms with Crippen LogP contribution in [-0.2, 0) is 4.79 Å². The first-order valence-corrected chi connectivity index (χ1v) is 8.71. The van der Waals surface area contributed by atoms with Crippen molar-refractivity contribution >= 4 is 11.6 Å². The van der Waals surface area contributed by atoms with Gasteiger partial charge in [0.1, 0.15) is 0 Å². The lowest BCUT2D eigenvalue weighted by Gasteiger charge is -2.08. The van der Waals surface area contributed by atoms with E-state index in [0.29, 0.717) is 5.92 Å². The van der Waals surface area contributed by atoms with E-state index in [1.54, 1.807) is 12.4 Å². The summed E-state index contributed by atoms with van der Waals surface area (Å²) in [5.41, 5.74) is 6.59. The molecule has 1 heterocycles. The molecule has 26 heavy (non-hydrogen) atoms. The Morgan fingerprint density at radius 3 is 2.19 bits per heavy atom. The van der Waals surface area contributed by atoms with E-state index >= 15 is 0 Å². The van der Waals surface area contributed by atoms with E-state index < -0.39 is 0 Å². The molecule has 128 valence electrons. The third-order valence-electron chi connectivity index (χ3n) is 4.63. The first-order valence-electron chi connectivity index (χ1n) is 8.71. The van der Waals surface area contributed by atoms with Gasteiger partial charge < -0.3 is 0 Å². The molecule has 3 aromatic rings. The van der Waals surface area contributed by atoms with E-state index in [1.807, 2.05) is 60.7 Å². The normalized spacial score (nSPS) is 19.0. The van der Waals surface area contributed by atoms with E-state index in [-0.39, 0.29) is 11.8 Å². The maximum absolute atomic E-state index is 12.5. The number of rotatable bonds is 5. The number of amides is 1. The molecule has 4 heteroatoms. The van der Waals surface area contributed by atoms with Crippen LogP contribution in [0.2, 0.25) is 0 Å². The van der Waals surface area contributed by atoms with Gasteiger partial charge in [0, 0.05) is 29.4 Å². The first-order chi connectivity index (χ1) is 12.8. The van der Waals surface area contributed by atoms with Gasteiger partial charge in [0.2, 0.25) is 5.91 Å². The number of hydrazone groups is 1. The number of carbonyl (C=O) groups is 1. The molecule has 0 radical (unpaired) electrons. The molecule has 4 nitrogen and oxygen atoms in total. The second-order valence-electron chi connectivity index (χ2n) is 6.40. The van der Waals surface area contributed by atoms with Gasteiger partial charge in [0.25, 0.3) is 0 Å². The van der Waals surface area contributed by atoms with Crippen molar-refractivity contribution in [3.05, 3.63) is 102 Å². The van der Waals surface area contributed by atoms with Crippen LogP contribution in [0.1, 0.15) is 29.0 Å². The summed E-state index contributed by atoms with van der Waals surface area (Å²) in [6.07, 6.45) is 4.32. The number of benzene rings is 2. The van der Waals surface area contributed by atoms with E-state index in [0.717, 1.165) is 23.3 Å². The lowest BCUT2D eigenvalue weighted by molar-refractivity contribution is -0.122. The summed E-state index contributed by atoms with van der Waals surface area (Å²) < 4.78 is 0. The van der Waals surface area contributed by atoms with Gasteiger partial charge in [-0.1, -0.05) is 60.7 Å². The first kappa shape index (κ1) is 16.2. The summed E-state index contributed by atoms with van der Waals surface area (Å²) in [5, 5.41) is 4.44. The number of nitrogens with one attached hydrogen (secondary N) is 1. The van der Waals surface area contributed by atoms with Crippen LogP contribution < -0.4 is 5.43 Å². The summed E-state index contributed by atoms with van der Waals surface area (Å²) >= 11 is 0. The summed E-state index contributed by atoms with van der Waals surface area (Å²) in [4.78, 5) is 16.6. The van der Waals surface area contributed by atoms with Crippen molar-refractivity contribution in [3.8, 4) is 0 Å². The molecule has 1 saturated carbocycles. The number of hydrogen-bond donors (Lipinski definition) is 1. The van der Waals surface area contributed by atoms with Crippen LogP contribution in [0.25, 0.3) is 0 Å². The largest absolute Gasteiger partial charge is 0.273 e. The molecule has 1 amide bonds. The van der Waals surface area contributed by atoms with Gasteiger partial charge in [-0.3, -0.25) is 9.78 Å². The fraction of sp³-hybridized carbons (Fsp3) is 0.136. The third-order valence-corrected chi connectivity index (χ3v) is 4.63. The van der Waals surface area contributed by atoms with Gasteiger partial charge in [-0.25, -0.2) is 5.43 Å².